The Labute approximate surface area is 170 Å². The fourth-order valence-electron chi connectivity index (χ4n) is 3.71. The van der Waals surface area contributed by atoms with Gasteiger partial charge in [-0.15, -0.1) is 0 Å². The van der Waals surface area contributed by atoms with Crippen molar-refractivity contribution in [3.05, 3.63) is 18.2 Å². The van der Waals surface area contributed by atoms with Crippen LogP contribution in [0.3, 0.4) is 0 Å². The molecule has 3 heterocycles. The third kappa shape index (κ3) is 4.09. The second kappa shape index (κ2) is 8.71. The van der Waals surface area contributed by atoms with E-state index < -0.39 is 10.0 Å². The van der Waals surface area contributed by atoms with Gasteiger partial charge in [0, 0.05) is 32.0 Å². The van der Waals surface area contributed by atoms with Crippen molar-refractivity contribution in [2.24, 2.45) is 0 Å². The van der Waals surface area contributed by atoms with Crippen LogP contribution in [-0.2, 0) is 26.0 Å². The topological polar surface area (TPSA) is 73.7 Å². The Morgan fingerprint density at radius 3 is 2.75 bits per heavy atom. The lowest BCUT2D eigenvalue weighted by molar-refractivity contribution is 0.0315. The van der Waals surface area contributed by atoms with Crippen molar-refractivity contribution < 1.29 is 17.9 Å². The minimum Gasteiger partial charge on any atom is -0.379 e. The number of aryl methyl sites for hydroxylation is 1. The zero-order valence-electron chi connectivity index (χ0n) is 16.2. The molecule has 2 aliphatic rings. The molecular weight excluding hydrogens is 398 g/mol. The molecule has 154 valence electrons. The predicted octanol–water partition coefficient (Wildman–Crippen LogP) is 2.74. The lowest BCUT2D eigenvalue weighted by Gasteiger charge is -2.26. The molecule has 0 saturated carbocycles. The van der Waals surface area contributed by atoms with Gasteiger partial charge in [0.25, 0.3) is 0 Å². The van der Waals surface area contributed by atoms with Gasteiger partial charge in [-0.2, -0.15) is 4.31 Å². The average Bonchev–Trinajstić information content (AvgIpc) is 3.10. The van der Waals surface area contributed by atoms with Gasteiger partial charge in [0.15, 0.2) is 5.16 Å². The smallest absolute Gasteiger partial charge is 0.243 e. The molecule has 0 spiro atoms. The molecule has 9 heteroatoms. The van der Waals surface area contributed by atoms with Crippen molar-refractivity contribution in [3.8, 4) is 0 Å². The molecule has 1 atom stereocenters. The van der Waals surface area contributed by atoms with Gasteiger partial charge in [-0.3, -0.25) is 0 Å². The van der Waals surface area contributed by atoms with E-state index in [0.717, 1.165) is 47.9 Å². The summed E-state index contributed by atoms with van der Waals surface area (Å²) in [6.07, 6.45) is 3.75. The highest BCUT2D eigenvalue weighted by Gasteiger charge is 2.27. The van der Waals surface area contributed by atoms with Gasteiger partial charge in [0.1, 0.15) is 0 Å². The first-order valence-corrected chi connectivity index (χ1v) is 12.3. The zero-order valence-corrected chi connectivity index (χ0v) is 17.8. The van der Waals surface area contributed by atoms with E-state index in [-0.39, 0.29) is 6.10 Å². The van der Waals surface area contributed by atoms with Gasteiger partial charge in [0.05, 0.1) is 35.2 Å². The monoisotopic (exact) mass is 425 g/mol. The third-order valence-corrected chi connectivity index (χ3v) is 8.28. The van der Waals surface area contributed by atoms with Crippen LogP contribution in [0.2, 0.25) is 0 Å². The summed E-state index contributed by atoms with van der Waals surface area (Å²) in [5.41, 5.74) is 1.69. The number of nitrogens with zero attached hydrogens (tertiary/aromatic N) is 3. The highest BCUT2D eigenvalue weighted by Crippen LogP contribution is 2.29. The van der Waals surface area contributed by atoms with Crippen molar-refractivity contribution in [1.29, 1.82) is 0 Å². The molecule has 0 aliphatic carbocycles. The molecule has 0 bridgehead atoms. The van der Waals surface area contributed by atoms with Crippen LogP contribution >= 0.6 is 11.8 Å². The van der Waals surface area contributed by atoms with Crippen molar-refractivity contribution >= 4 is 32.8 Å². The first-order chi connectivity index (χ1) is 13.6. The SMILES string of the molecule is CCn1c(SC[C@H]2CCCCO2)nc2cc(S(=O)(=O)N3CCOCC3)ccc21. The maximum absolute atomic E-state index is 12.9. The van der Waals surface area contributed by atoms with Gasteiger partial charge < -0.3 is 14.0 Å². The number of benzene rings is 1. The summed E-state index contributed by atoms with van der Waals surface area (Å²) in [7, 11) is -3.52. The van der Waals surface area contributed by atoms with E-state index in [1.165, 1.54) is 10.7 Å². The van der Waals surface area contributed by atoms with Gasteiger partial charge in [-0.25, -0.2) is 13.4 Å². The zero-order chi connectivity index (χ0) is 19.6. The van der Waals surface area contributed by atoms with Gasteiger partial charge in [-0.1, -0.05) is 11.8 Å². The summed E-state index contributed by atoms with van der Waals surface area (Å²) < 4.78 is 40.6. The third-order valence-electron chi connectivity index (χ3n) is 5.28. The lowest BCUT2D eigenvalue weighted by atomic mass is 10.1. The number of imidazole rings is 1. The van der Waals surface area contributed by atoms with Gasteiger partial charge >= 0.3 is 0 Å². The molecule has 0 N–H and O–H groups in total. The number of hydrogen-bond donors (Lipinski definition) is 0. The summed E-state index contributed by atoms with van der Waals surface area (Å²) in [6.45, 7) is 5.39. The summed E-state index contributed by atoms with van der Waals surface area (Å²) in [5, 5.41) is 0.924. The van der Waals surface area contributed by atoms with Gasteiger partial charge in [-0.05, 0) is 44.4 Å². The Kier molecular flexibility index (Phi) is 6.27. The lowest BCUT2D eigenvalue weighted by Crippen LogP contribution is -2.40. The molecule has 28 heavy (non-hydrogen) atoms. The second-order valence-corrected chi connectivity index (χ2v) is 10.0. The van der Waals surface area contributed by atoms with E-state index >= 15 is 0 Å². The number of rotatable bonds is 6. The van der Waals surface area contributed by atoms with Crippen LogP contribution < -0.4 is 0 Å². The number of sulfonamides is 1. The summed E-state index contributed by atoms with van der Waals surface area (Å²) in [4.78, 5) is 5.05. The van der Waals surface area contributed by atoms with Crippen LogP contribution in [0.1, 0.15) is 26.2 Å². The highest BCUT2D eigenvalue weighted by atomic mass is 32.2. The second-order valence-electron chi connectivity index (χ2n) is 7.11. The van der Waals surface area contributed by atoms with E-state index in [2.05, 4.69) is 11.5 Å². The van der Waals surface area contributed by atoms with Crippen LogP contribution in [-0.4, -0.2) is 67.0 Å². The summed E-state index contributed by atoms with van der Waals surface area (Å²) in [6, 6.07) is 5.27. The van der Waals surface area contributed by atoms with E-state index in [1.807, 2.05) is 6.07 Å². The number of hydrogen-bond acceptors (Lipinski definition) is 6. The molecule has 7 nitrogen and oxygen atoms in total. The number of thioether (sulfide) groups is 1. The predicted molar refractivity (Wildman–Crippen MR) is 109 cm³/mol. The number of morpholine rings is 1. The largest absolute Gasteiger partial charge is 0.379 e. The molecule has 1 aromatic heterocycles. The maximum Gasteiger partial charge on any atom is 0.243 e. The van der Waals surface area contributed by atoms with Crippen LogP contribution in [0, 0.1) is 0 Å². The minimum absolute atomic E-state index is 0.279. The fraction of sp³-hybridized carbons (Fsp3) is 0.632. The molecule has 0 radical (unpaired) electrons. The number of ether oxygens (including phenoxy) is 2. The van der Waals surface area contributed by atoms with Crippen LogP contribution in [0.15, 0.2) is 28.3 Å². The highest BCUT2D eigenvalue weighted by molar-refractivity contribution is 7.99. The van der Waals surface area contributed by atoms with Crippen molar-refractivity contribution in [2.45, 2.75) is 48.9 Å². The van der Waals surface area contributed by atoms with E-state index in [1.54, 1.807) is 23.9 Å². The average molecular weight is 426 g/mol. The molecule has 0 amide bonds. The maximum atomic E-state index is 12.9. The molecule has 2 fully saturated rings. The van der Waals surface area contributed by atoms with Crippen LogP contribution in [0.25, 0.3) is 11.0 Å². The Hall–Kier alpha value is -1.13. The van der Waals surface area contributed by atoms with Crippen molar-refractivity contribution in [3.63, 3.8) is 0 Å². The Morgan fingerprint density at radius 2 is 2.04 bits per heavy atom. The van der Waals surface area contributed by atoms with Crippen LogP contribution in [0.4, 0.5) is 0 Å². The Bertz CT molecular complexity index is 917. The Balaban J connectivity index is 1.58. The first-order valence-electron chi connectivity index (χ1n) is 9.92. The van der Waals surface area contributed by atoms with E-state index in [9.17, 15) is 8.42 Å². The first kappa shape index (κ1) is 20.2. The number of aromatic nitrogens is 2. The van der Waals surface area contributed by atoms with Gasteiger partial charge in [0.2, 0.25) is 10.0 Å². The van der Waals surface area contributed by atoms with E-state index in [4.69, 9.17) is 14.5 Å². The normalized spacial score (nSPS) is 22.0. The van der Waals surface area contributed by atoms with Crippen LogP contribution in [0.5, 0.6) is 0 Å². The standard InChI is InChI=1S/C19H27N3O4S2/c1-2-22-18-7-6-16(28(23,24)21-8-11-25-12-9-21)13-17(18)20-19(22)27-14-15-5-3-4-10-26-15/h6-7,13,15H,2-5,8-12,14H2,1H3/t15-/m1/s1. The van der Waals surface area contributed by atoms with E-state index in [0.29, 0.717) is 31.2 Å². The van der Waals surface area contributed by atoms with Crippen molar-refractivity contribution in [2.75, 3.05) is 38.7 Å². The fourth-order valence-corrected chi connectivity index (χ4v) is 6.28. The number of fused-ring (bicyclic) bond motifs is 1. The molecular formula is C19H27N3O4S2. The summed E-state index contributed by atoms with van der Waals surface area (Å²) >= 11 is 1.70. The molecule has 2 aromatic rings. The minimum atomic E-state index is -3.52. The molecule has 0 unspecified atom stereocenters. The molecule has 2 aliphatic heterocycles. The van der Waals surface area contributed by atoms with Crippen molar-refractivity contribution in [1.82, 2.24) is 13.9 Å². The Morgan fingerprint density at radius 1 is 1.21 bits per heavy atom. The molecule has 2 saturated heterocycles. The molecule has 1 aromatic carbocycles. The summed E-state index contributed by atoms with van der Waals surface area (Å²) in [5.74, 6) is 0.877. The molecule has 4 rings (SSSR count). The quantitative estimate of drug-likeness (QED) is 0.663.